The van der Waals surface area contributed by atoms with Gasteiger partial charge < -0.3 is 20.8 Å². The Labute approximate surface area is 266 Å². The van der Waals surface area contributed by atoms with Crippen molar-refractivity contribution >= 4 is 33.4 Å². The van der Waals surface area contributed by atoms with Crippen LogP contribution < -0.4 is 10.6 Å². The van der Waals surface area contributed by atoms with Gasteiger partial charge in [-0.3, -0.25) is 9.59 Å². The van der Waals surface area contributed by atoms with E-state index in [0.29, 0.717) is 25.7 Å². The first-order valence-electron chi connectivity index (χ1n) is 16.8. The van der Waals surface area contributed by atoms with Crippen LogP contribution in [0.5, 0.6) is 0 Å². The van der Waals surface area contributed by atoms with E-state index < -0.39 is 40.5 Å². The Morgan fingerprint density at radius 2 is 0.978 bits per heavy atom. The predicted molar refractivity (Wildman–Crippen MR) is 180 cm³/mol. The largest absolute Gasteiger partial charge is 0.387 e. The number of hydrogen-bond acceptors (Lipinski definition) is 4. The predicted octanol–water partition coefficient (Wildman–Crippen LogP) is 7.42. The summed E-state index contributed by atoms with van der Waals surface area (Å²) in [6.07, 6.45) is 6.40. The maximum absolute atomic E-state index is 14.6. The van der Waals surface area contributed by atoms with Crippen molar-refractivity contribution < 1.29 is 19.8 Å². The lowest BCUT2D eigenvalue weighted by Gasteiger charge is -2.40. The molecule has 0 heterocycles. The number of benzene rings is 4. The first-order chi connectivity index (χ1) is 21.7. The molecule has 4 N–H and O–H groups in total. The molecule has 0 aliphatic heterocycles. The molecule has 6 nitrogen and oxygen atoms in total. The Morgan fingerprint density at radius 3 is 1.36 bits per heavy atom. The Balaban J connectivity index is 1.37. The van der Waals surface area contributed by atoms with Crippen molar-refractivity contribution in [1.82, 2.24) is 10.6 Å². The average Bonchev–Trinajstić information content (AvgIpc) is 3.72. The summed E-state index contributed by atoms with van der Waals surface area (Å²) >= 11 is 0. The smallest absolute Gasteiger partial charge is 0.236 e. The second kappa shape index (κ2) is 12.6. The molecule has 6 rings (SSSR count). The van der Waals surface area contributed by atoms with Crippen molar-refractivity contribution in [1.29, 1.82) is 0 Å². The summed E-state index contributed by atoms with van der Waals surface area (Å²) in [6.45, 7) is 3.74. The number of rotatable bonds is 10. The minimum absolute atomic E-state index is 0.280. The number of carbonyl (C=O) groups is 2. The molecule has 6 heteroatoms. The molecule has 0 spiro atoms. The van der Waals surface area contributed by atoms with E-state index in [4.69, 9.17) is 0 Å². The molecule has 4 aromatic carbocycles. The first kappa shape index (κ1) is 31.3. The van der Waals surface area contributed by atoms with Gasteiger partial charge in [-0.2, -0.15) is 0 Å². The van der Waals surface area contributed by atoms with Crippen LogP contribution in [0.1, 0.15) is 101 Å². The lowest BCUT2D eigenvalue weighted by Crippen LogP contribution is -2.57. The summed E-state index contributed by atoms with van der Waals surface area (Å²) in [6, 6.07) is 26.7. The zero-order chi connectivity index (χ0) is 31.7. The van der Waals surface area contributed by atoms with Crippen LogP contribution in [0, 0.1) is 5.41 Å². The zero-order valence-electron chi connectivity index (χ0n) is 26.5. The van der Waals surface area contributed by atoms with Gasteiger partial charge in [0.05, 0.1) is 23.3 Å². The zero-order valence-corrected chi connectivity index (χ0v) is 26.5. The molecular formula is C39H46N2O4. The molecule has 2 aliphatic carbocycles. The van der Waals surface area contributed by atoms with Crippen LogP contribution in [-0.2, 0) is 9.59 Å². The van der Waals surface area contributed by atoms with Crippen molar-refractivity contribution in [3.63, 3.8) is 0 Å². The highest BCUT2D eigenvalue weighted by Gasteiger charge is 2.50. The molecular weight excluding hydrogens is 560 g/mol. The van der Waals surface area contributed by atoms with Crippen LogP contribution in [0.2, 0.25) is 0 Å². The lowest BCUT2D eigenvalue weighted by atomic mass is 9.77. The van der Waals surface area contributed by atoms with Gasteiger partial charge in [0.15, 0.2) is 0 Å². The van der Waals surface area contributed by atoms with Crippen molar-refractivity contribution in [2.75, 3.05) is 0 Å². The Kier molecular flexibility index (Phi) is 8.73. The maximum atomic E-state index is 14.6. The molecule has 0 aromatic heterocycles. The highest BCUT2D eigenvalue weighted by atomic mass is 16.3. The van der Waals surface area contributed by atoms with Crippen LogP contribution >= 0.6 is 0 Å². The number of fused-ring (bicyclic) bond motifs is 2. The van der Waals surface area contributed by atoms with Crippen LogP contribution in [0.4, 0.5) is 0 Å². The summed E-state index contributed by atoms with van der Waals surface area (Å²) in [5.41, 5.74) is -1.90. The third kappa shape index (κ3) is 5.64. The second-order valence-electron chi connectivity index (χ2n) is 13.4. The number of aliphatic hydroxyl groups is 2. The van der Waals surface area contributed by atoms with E-state index in [9.17, 15) is 19.8 Å². The molecule has 2 aliphatic rings. The van der Waals surface area contributed by atoms with Crippen molar-refractivity contribution in [3.05, 3.63) is 96.1 Å². The summed E-state index contributed by atoms with van der Waals surface area (Å²) in [7, 11) is 0. The summed E-state index contributed by atoms with van der Waals surface area (Å²) in [5, 5.41) is 34.5. The highest BCUT2D eigenvalue weighted by molar-refractivity contribution is 6.05. The molecule has 2 fully saturated rings. The van der Waals surface area contributed by atoms with E-state index in [2.05, 4.69) is 10.6 Å². The van der Waals surface area contributed by atoms with Gasteiger partial charge in [-0.15, -0.1) is 0 Å². The molecule has 236 valence electrons. The lowest BCUT2D eigenvalue weighted by molar-refractivity contribution is -0.148. The Bertz CT molecular complexity index is 1550. The maximum Gasteiger partial charge on any atom is 0.236 e. The Morgan fingerprint density at radius 1 is 0.622 bits per heavy atom. The minimum Gasteiger partial charge on any atom is -0.387 e. The van der Waals surface area contributed by atoms with Crippen molar-refractivity contribution in [3.8, 4) is 0 Å². The average molecular weight is 607 g/mol. The molecule has 2 amide bonds. The fourth-order valence-electron chi connectivity index (χ4n) is 8.09. The molecule has 4 aromatic rings. The molecule has 0 bridgehead atoms. The van der Waals surface area contributed by atoms with Gasteiger partial charge in [0.25, 0.3) is 0 Å². The van der Waals surface area contributed by atoms with Crippen LogP contribution in [0.15, 0.2) is 84.9 Å². The van der Waals surface area contributed by atoms with Gasteiger partial charge in [-0.25, -0.2) is 0 Å². The molecule has 2 saturated carbocycles. The third-order valence-electron chi connectivity index (χ3n) is 10.9. The van der Waals surface area contributed by atoms with Crippen LogP contribution in [0.3, 0.4) is 0 Å². The highest BCUT2D eigenvalue weighted by Crippen LogP contribution is 2.45. The van der Waals surface area contributed by atoms with E-state index >= 15 is 0 Å². The SMILES string of the molecule is CCC(CC)(C(=O)NC(c1cccc2ccccc12)C1(O)CCCC1)C(=O)NC(c1cccc2ccccc12)C1(O)CCCC1. The quantitative estimate of drug-likeness (QED) is 0.141. The number of hydrogen-bond donors (Lipinski definition) is 4. The van der Waals surface area contributed by atoms with Crippen LogP contribution in [-0.4, -0.2) is 33.2 Å². The molecule has 0 radical (unpaired) electrons. The second-order valence-corrected chi connectivity index (χ2v) is 13.4. The van der Waals surface area contributed by atoms with Crippen LogP contribution in [0.25, 0.3) is 21.5 Å². The minimum atomic E-state index is -1.39. The fourth-order valence-corrected chi connectivity index (χ4v) is 8.09. The topological polar surface area (TPSA) is 98.7 Å². The normalized spacial score (nSPS) is 18.9. The first-order valence-corrected chi connectivity index (χ1v) is 16.8. The summed E-state index contributed by atoms with van der Waals surface area (Å²) < 4.78 is 0. The number of carbonyl (C=O) groups excluding carboxylic acids is 2. The van der Waals surface area contributed by atoms with Gasteiger partial charge in [0.2, 0.25) is 11.8 Å². The third-order valence-corrected chi connectivity index (χ3v) is 10.9. The summed E-state index contributed by atoms with van der Waals surface area (Å²) in [4.78, 5) is 29.1. The monoisotopic (exact) mass is 606 g/mol. The van der Waals surface area contributed by atoms with E-state index in [1.807, 2.05) is 98.8 Å². The Hall–Kier alpha value is -3.74. The molecule has 45 heavy (non-hydrogen) atoms. The van der Waals surface area contributed by atoms with E-state index in [1.54, 1.807) is 0 Å². The van der Waals surface area contributed by atoms with Gasteiger partial charge in [-0.05, 0) is 71.2 Å². The van der Waals surface area contributed by atoms with Crippen molar-refractivity contribution in [2.45, 2.75) is 101 Å². The number of amides is 2. The molecule has 2 atom stereocenters. The van der Waals surface area contributed by atoms with Crippen molar-refractivity contribution in [2.24, 2.45) is 5.41 Å². The molecule has 0 saturated heterocycles. The standard InChI is InChI=1S/C39H46N2O4/c1-3-37(4-2,35(42)40-33(38(44)23-9-10-24-38)31-21-13-17-27-15-5-7-19-29(27)31)36(43)41-34(39(45)25-11-12-26-39)32-22-14-18-28-16-6-8-20-30(28)32/h5-8,13-22,33-34,44-45H,3-4,9-12,23-26H2,1-2H3,(H,40,42)(H,41,43). The van der Waals surface area contributed by atoms with E-state index in [0.717, 1.165) is 58.4 Å². The van der Waals surface area contributed by atoms with E-state index in [1.165, 1.54) is 0 Å². The van der Waals surface area contributed by atoms with Gasteiger partial charge in [-0.1, -0.05) is 124 Å². The number of nitrogens with one attached hydrogen (secondary N) is 2. The van der Waals surface area contributed by atoms with Gasteiger partial charge in [0, 0.05) is 0 Å². The van der Waals surface area contributed by atoms with E-state index in [-0.39, 0.29) is 12.8 Å². The molecule has 2 unspecified atom stereocenters. The summed E-state index contributed by atoms with van der Waals surface area (Å²) in [5.74, 6) is -0.781. The fraction of sp³-hybridized carbons (Fsp3) is 0.436. The van der Waals surface area contributed by atoms with Gasteiger partial charge in [0.1, 0.15) is 5.41 Å². The van der Waals surface area contributed by atoms with Gasteiger partial charge >= 0.3 is 0 Å².